The van der Waals surface area contributed by atoms with Gasteiger partial charge in [-0.3, -0.25) is 9.69 Å². The van der Waals surface area contributed by atoms with E-state index in [9.17, 15) is 9.59 Å². The van der Waals surface area contributed by atoms with Crippen LogP contribution >= 0.6 is 0 Å². The molecule has 7 aliphatic rings. The van der Waals surface area contributed by atoms with E-state index in [-0.39, 0.29) is 29.7 Å². The van der Waals surface area contributed by atoms with Gasteiger partial charge in [0.2, 0.25) is 0 Å². The van der Waals surface area contributed by atoms with Crippen molar-refractivity contribution < 1.29 is 28.5 Å². The van der Waals surface area contributed by atoms with Crippen molar-refractivity contribution in [3.8, 4) is 0 Å². The summed E-state index contributed by atoms with van der Waals surface area (Å²) in [6.07, 6.45) is 34.7. The summed E-state index contributed by atoms with van der Waals surface area (Å²) in [7, 11) is 1.91. The summed E-state index contributed by atoms with van der Waals surface area (Å²) in [5.74, 6) is 5.21. The van der Waals surface area contributed by atoms with Crippen LogP contribution in [-0.2, 0) is 23.7 Å². The second-order valence-corrected chi connectivity index (χ2v) is 23.2. The first-order valence-electron chi connectivity index (χ1n) is 26.2. The van der Waals surface area contributed by atoms with E-state index in [1.807, 2.05) is 7.11 Å². The molecule has 0 aliphatic heterocycles. The van der Waals surface area contributed by atoms with Gasteiger partial charge in [0.15, 0.2) is 0 Å². The van der Waals surface area contributed by atoms with Gasteiger partial charge in [-0.15, -0.1) is 0 Å². The summed E-state index contributed by atoms with van der Waals surface area (Å²) >= 11 is 0. The zero-order valence-electron chi connectivity index (χ0n) is 39.8. The minimum absolute atomic E-state index is 0.0136. The quantitative estimate of drug-likeness (QED) is 0.181. The maximum atomic E-state index is 13.3. The van der Waals surface area contributed by atoms with Crippen LogP contribution in [0.2, 0.25) is 0 Å². The van der Waals surface area contributed by atoms with Gasteiger partial charge in [-0.2, -0.15) is 0 Å². The molecule has 0 bridgehead atoms. The standard InChI is InChI=1S/C53H91NO6/c1-36-8-22-44(23-9-36)54(45-24-10-37(2)11-25-45)46-26-12-41(13-27-46)53(6,42-18-28-47(57-7)29-19-42)43-20-34-50(35-21-43)60-51(56)59-49-32-16-40(17-33-49)52(4,5)39-14-30-48(31-15-39)58-38(3)55/h36-37,39-50H,8-35H2,1-7H3. The molecule has 0 aromatic heterocycles. The largest absolute Gasteiger partial charge is 0.508 e. The van der Waals surface area contributed by atoms with E-state index in [4.69, 9.17) is 18.9 Å². The highest BCUT2D eigenvalue weighted by molar-refractivity contribution is 5.66. The van der Waals surface area contributed by atoms with Crippen LogP contribution in [-0.4, -0.2) is 66.7 Å². The molecule has 7 heteroatoms. The lowest BCUT2D eigenvalue weighted by atomic mass is 9.52. The Morgan fingerprint density at radius 2 is 0.717 bits per heavy atom. The Balaban J connectivity index is 0.905. The fraction of sp³-hybridized carbons (Fsp3) is 0.962. The number of nitrogens with zero attached hydrogens (tertiary/aromatic N) is 1. The Hall–Kier alpha value is -1.34. The Morgan fingerprint density at radius 3 is 1.07 bits per heavy atom. The van der Waals surface area contributed by atoms with Crippen LogP contribution in [0.3, 0.4) is 0 Å². The number of carbonyl (C=O) groups is 2. The summed E-state index contributed by atoms with van der Waals surface area (Å²) < 4.78 is 23.6. The fourth-order valence-electron chi connectivity index (χ4n) is 15.4. The number of hydrogen-bond donors (Lipinski definition) is 0. The van der Waals surface area contributed by atoms with Gasteiger partial charge in [-0.1, -0.05) is 34.6 Å². The zero-order valence-corrected chi connectivity index (χ0v) is 39.8. The van der Waals surface area contributed by atoms with Crippen molar-refractivity contribution in [3.63, 3.8) is 0 Å². The van der Waals surface area contributed by atoms with Crippen LogP contribution in [0.4, 0.5) is 4.79 Å². The third kappa shape index (κ3) is 11.3. The number of esters is 1. The normalized spacial score (nSPS) is 40.9. The van der Waals surface area contributed by atoms with Gasteiger partial charge in [-0.25, -0.2) is 4.79 Å². The molecule has 7 aliphatic carbocycles. The van der Waals surface area contributed by atoms with E-state index in [0.29, 0.717) is 29.3 Å². The van der Waals surface area contributed by atoms with Crippen molar-refractivity contribution in [1.82, 2.24) is 4.90 Å². The number of hydrogen-bond acceptors (Lipinski definition) is 7. The van der Waals surface area contributed by atoms with E-state index >= 15 is 0 Å². The molecular weight excluding hydrogens is 747 g/mol. The maximum absolute atomic E-state index is 13.3. The van der Waals surface area contributed by atoms with Gasteiger partial charge in [0.1, 0.15) is 18.3 Å². The molecule has 0 aromatic carbocycles. The Bertz CT molecular complexity index is 1290. The molecular formula is C53H91NO6. The number of carbonyl (C=O) groups excluding carboxylic acids is 2. The minimum Gasteiger partial charge on any atom is -0.463 e. The molecule has 7 rings (SSSR count). The van der Waals surface area contributed by atoms with Crippen molar-refractivity contribution in [2.75, 3.05) is 7.11 Å². The zero-order chi connectivity index (χ0) is 42.4. The van der Waals surface area contributed by atoms with E-state index in [1.165, 1.54) is 122 Å². The SMILES string of the molecule is COC1CCC(C(C)(C2CCC(OC(=O)OC3CCC(C(C)(C)C4CCC(OC(C)=O)CC4)CC3)CC2)C2CCC(N(C3CCC(C)CC3)C3CCC(C)CC3)CC2)CC1. The maximum Gasteiger partial charge on any atom is 0.508 e. The molecule has 344 valence electrons. The first-order chi connectivity index (χ1) is 28.8. The molecule has 7 nitrogen and oxygen atoms in total. The molecule has 0 N–H and O–H groups in total. The van der Waals surface area contributed by atoms with Crippen LogP contribution in [0.1, 0.15) is 221 Å². The van der Waals surface area contributed by atoms with Crippen molar-refractivity contribution in [2.24, 2.45) is 52.3 Å². The molecule has 0 aromatic rings. The molecule has 0 spiro atoms. The molecule has 60 heavy (non-hydrogen) atoms. The third-order valence-electron chi connectivity index (χ3n) is 19.6. The molecule has 0 radical (unpaired) electrons. The minimum atomic E-state index is -0.423. The van der Waals surface area contributed by atoms with Crippen LogP contribution in [0.25, 0.3) is 0 Å². The summed E-state index contributed by atoms with van der Waals surface area (Å²) in [6, 6.07) is 2.42. The lowest BCUT2D eigenvalue weighted by Gasteiger charge is -2.56. The van der Waals surface area contributed by atoms with Crippen molar-refractivity contribution in [1.29, 1.82) is 0 Å². The van der Waals surface area contributed by atoms with Gasteiger partial charge in [0, 0.05) is 32.2 Å². The highest BCUT2D eigenvalue weighted by atomic mass is 16.7. The molecule has 7 saturated carbocycles. The van der Waals surface area contributed by atoms with Gasteiger partial charge in [-0.05, 0) is 232 Å². The smallest absolute Gasteiger partial charge is 0.463 e. The fourth-order valence-corrected chi connectivity index (χ4v) is 15.4. The predicted molar refractivity (Wildman–Crippen MR) is 242 cm³/mol. The van der Waals surface area contributed by atoms with Crippen LogP contribution < -0.4 is 0 Å². The summed E-state index contributed by atoms with van der Waals surface area (Å²) in [6.45, 7) is 14.1. The average Bonchev–Trinajstić information content (AvgIpc) is 3.25. The van der Waals surface area contributed by atoms with E-state index < -0.39 is 6.16 Å². The Kier molecular flexibility index (Phi) is 16.4. The van der Waals surface area contributed by atoms with E-state index in [2.05, 4.69) is 39.5 Å². The van der Waals surface area contributed by atoms with Gasteiger partial charge in [0.25, 0.3) is 0 Å². The molecule has 0 amide bonds. The lowest BCUT2D eigenvalue weighted by Crippen LogP contribution is -2.54. The van der Waals surface area contributed by atoms with Crippen molar-refractivity contribution in [3.05, 3.63) is 0 Å². The van der Waals surface area contributed by atoms with Crippen LogP contribution in [0.15, 0.2) is 0 Å². The molecule has 7 fully saturated rings. The summed E-state index contributed by atoms with van der Waals surface area (Å²) in [5.41, 5.74) is 0.582. The third-order valence-corrected chi connectivity index (χ3v) is 19.6. The molecule has 1 atom stereocenters. The lowest BCUT2D eigenvalue weighted by molar-refractivity contribution is -0.148. The first kappa shape index (κ1) is 46.6. The number of methoxy groups -OCH3 is 1. The topological polar surface area (TPSA) is 74.3 Å². The predicted octanol–water partition coefficient (Wildman–Crippen LogP) is 13.6. The van der Waals surface area contributed by atoms with Gasteiger partial charge in [0.05, 0.1) is 6.10 Å². The molecule has 1 unspecified atom stereocenters. The second-order valence-electron chi connectivity index (χ2n) is 23.2. The molecule has 0 heterocycles. The highest BCUT2D eigenvalue weighted by Crippen LogP contribution is 2.57. The van der Waals surface area contributed by atoms with Crippen molar-refractivity contribution in [2.45, 2.75) is 264 Å². The van der Waals surface area contributed by atoms with Gasteiger partial charge < -0.3 is 18.9 Å². The summed E-state index contributed by atoms with van der Waals surface area (Å²) in [4.78, 5) is 27.9. The number of ether oxygens (including phenoxy) is 4. The Labute approximate surface area is 367 Å². The second kappa shape index (κ2) is 21.1. The monoisotopic (exact) mass is 838 g/mol. The molecule has 0 saturated heterocycles. The van der Waals surface area contributed by atoms with Crippen LogP contribution in [0, 0.1) is 52.3 Å². The average molecular weight is 838 g/mol. The summed E-state index contributed by atoms with van der Waals surface area (Å²) in [5, 5.41) is 0. The van der Waals surface area contributed by atoms with Crippen molar-refractivity contribution >= 4 is 12.1 Å². The Morgan fingerprint density at radius 1 is 0.417 bits per heavy atom. The van der Waals surface area contributed by atoms with Gasteiger partial charge >= 0.3 is 12.1 Å². The van der Waals surface area contributed by atoms with E-state index in [0.717, 1.165) is 106 Å². The van der Waals surface area contributed by atoms with Crippen LogP contribution in [0.5, 0.6) is 0 Å². The first-order valence-corrected chi connectivity index (χ1v) is 26.2. The van der Waals surface area contributed by atoms with E-state index in [1.54, 1.807) is 0 Å². The highest BCUT2D eigenvalue weighted by Gasteiger charge is 2.51. The number of rotatable bonds is 12.